The second-order valence-corrected chi connectivity index (χ2v) is 5.70. The van der Waals surface area contributed by atoms with E-state index < -0.39 is 23.6 Å². The molecule has 0 spiro atoms. The number of carbonyl (C=O) groups is 2. The van der Waals surface area contributed by atoms with Crippen LogP contribution in [0, 0.1) is 0 Å². The molecule has 6 nitrogen and oxygen atoms in total. The number of benzene rings is 1. The minimum atomic E-state index is -1.03. The second-order valence-electron chi connectivity index (χ2n) is 5.70. The van der Waals surface area contributed by atoms with E-state index in [-0.39, 0.29) is 11.3 Å². The van der Waals surface area contributed by atoms with Crippen molar-refractivity contribution in [3.63, 3.8) is 0 Å². The van der Waals surface area contributed by atoms with E-state index in [1.807, 2.05) is 0 Å². The van der Waals surface area contributed by atoms with Gasteiger partial charge < -0.3 is 14.9 Å². The maximum absolute atomic E-state index is 11.7. The van der Waals surface area contributed by atoms with E-state index >= 15 is 0 Å². The van der Waals surface area contributed by atoms with Gasteiger partial charge in [-0.3, -0.25) is 10.1 Å². The maximum atomic E-state index is 11.7. The summed E-state index contributed by atoms with van der Waals surface area (Å²) in [5, 5.41) is 21.5. The highest BCUT2D eigenvalue weighted by molar-refractivity contribution is 5.86. The molecule has 0 fully saturated rings. The number of anilines is 1. The third-order valence-corrected chi connectivity index (χ3v) is 2.75. The van der Waals surface area contributed by atoms with Gasteiger partial charge in [0, 0.05) is 11.3 Å². The number of rotatable bonds is 4. The Hall–Kier alpha value is -2.24. The number of nitrogens with one attached hydrogen (secondary N) is 1. The topological polar surface area (TPSA) is 95.9 Å². The number of aromatic hydroxyl groups is 1. The fourth-order valence-electron chi connectivity index (χ4n) is 1.86. The first-order valence-electron chi connectivity index (χ1n) is 6.69. The highest BCUT2D eigenvalue weighted by Crippen LogP contribution is 2.31. The molecule has 1 rings (SSSR count). The fraction of sp³-hybridized carbons (Fsp3) is 0.467. The third-order valence-electron chi connectivity index (χ3n) is 2.75. The Morgan fingerprint density at radius 1 is 1.33 bits per heavy atom. The molecule has 1 atom stereocenters. The van der Waals surface area contributed by atoms with Crippen molar-refractivity contribution in [3.05, 3.63) is 23.8 Å². The molecule has 0 saturated heterocycles. The Bertz CT molecular complexity index is 533. The van der Waals surface area contributed by atoms with Crippen molar-refractivity contribution in [2.75, 3.05) is 5.32 Å². The lowest BCUT2D eigenvalue weighted by molar-refractivity contribution is -0.138. The van der Waals surface area contributed by atoms with Gasteiger partial charge in [-0.2, -0.15) is 0 Å². The van der Waals surface area contributed by atoms with E-state index in [9.17, 15) is 14.7 Å². The zero-order valence-electron chi connectivity index (χ0n) is 12.6. The molecule has 3 N–H and O–H groups in total. The number of ether oxygens (including phenoxy) is 1. The van der Waals surface area contributed by atoms with Gasteiger partial charge >= 0.3 is 12.1 Å². The summed E-state index contributed by atoms with van der Waals surface area (Å²) in [5.41, 5.74) is 0.00642. The molecule has 0 aliphatic rings. The molecule has 1 aromatic carbocycles. The van der Waals surface area contributed by atoms with E-state index in [1.165, 1.54) is 18.2 Å². The minimum Gasteiger partial charge on any atom is -0.508 e. The number of hydrogen-bond acceptors (Lipinski definition) is 4. The molecule has 1 unspecified atom stereocenters. The third kappa shape index (κ3) is 4.98. The molecule has 1 aromatic rings. The van der Waals surface area contributed by atoms with Crippen LogP contribution in [0.3, 0.4) is 0 Å². The SMILES string of the molecule is CCC(C(=O)O)c1cc(NC(=O)OC(C)(C)C)ccc1O. The molecule has 1 amide bonds. The normalized spacial score (nSPS) is 12.6. The van der Waals surface area contributed by atoms with Crippen LogP contribution in [0.4, 0.5) is 10.5 Å². The predicted octanol–water partition coefficient (Wildman–Crippen LogP) is 3.32. The molecule has 0 radical (unpaired) electrons. The minimum absolute atomic E-state index is 0.112. The standard InChI is InChI=1S/C15H21NO5/c1-5-10(13(18)19)11-8-9(6-7-12(11)17)16-14(20)21-15(2,3)4/h6-8,10,17H,5H2,1-4H3,(H,16,20)(H,18,19). The Kier molecular flexibility index (Phi) is 5.18. The van der Waals surface area contributed by atoms with Crippen LogP contribution in [0.2, 0.25) is 0 Å². The molecule has 6 heteroatoms. The van der Waals surface area contributed by atoms with Crippen molar-refractivity contribution >= 4 is 17.7 Å². The number of amides is 1. The van der Waals surface area contributed by atoms with E-state index in [1.54, 1.807) is 27.7 Å². The van der Waals surface area contributed by atoms with Gasteiger partial charge in [-0.15, -0.1) is 0 Å². The summed E-state index contributed by atoms with van der Waals surface area (Å²) in [6.45, 7) is 6.94. The maximum Gasteiger partial charge on any atom is 0.412 e. The molecule has 0 aromatic heterocycles. The van der Waals surface area contributed by atoms with Crippen molar-refractivity contribution in [1.29, 1.82) is 0 Å². The van der Waals surface area contributed by atoms with Gasteiger partial charge in [0.1, 0.15) is 11.4 Å². The van der Waals surface area contributed by atoms with Crippen LogP contribution < -0.4 is 5.32 Å². The first-order valence-corrected chi connectivity index (χ1v) is 6.69. The number of phenolic OH excluding ortho intramolecular Hbond substituents is 1. The Morgan fingerprint density at radius 2 is 1.95 bits per heavy atom. The quantitative estimate of drug-likeness (QED) is 0.740. The summed E-state index contributed by atoms with van der Waals surface area (Å²) >= 11 is 0. The van der Waals surface area contributed by atoms with Gasteiger partial charge in [-0.25, -0.2) is 4.79 Å². The van der Waals surface area contributed by atoms with Crippen molar-refractivity contribution in [2.24, 2.45) is 0 Å². The largest absolute Gasteiger partial charge is 0.508 e. The van der Waals surface area contributed by atoms with E-state index in [2.05, 4.69) is 5.32 Å². The molecule has 0 saturated carbocycles. The van der Waals surface area contributed by atoms with Crippen molar-refractivity contribution < 1.29 is 24.5 Å². The second kappa shape index (κ2) is 6.47. The molecular weight excluding hydrogens is 274 g/mol. The summed E-state index contributed by atoms with van der Waals surface area (Å²) in [7, 11) is 0. The summed E-state index contributed by atoms with van der Waals surface area (Å²) in [4.78, 5) is 22.9. The average molecular weight is 295 g/mol. The van der Waals surface area contributed by atoms with Crippen LogP contribution in [0.15, 0.2) is 18.2 Å². The number of phenols is 1. The van der Waals surface area contributed by atoms with Gasteiger partial charge in [-0.05, 0) is 45.4 Å². The van der Waals surface area contributed by atoms with Crippen molar-refractivity contribution in [2.45, 2.75) is 45.6 Å². The van der Waals surface area contributed by atoms with Gasteiger partial charge in [0.05, 0.1) is 5.92 Å². The Labute approximate surface area is 123 Å². The van der Waals surface area contributed by atoms with E-state index in [0.717, 1.165) is 0 Å². The number of carbonyl (C=O) groups excluding carboxylic acids is 1. The molecule has 0 aliphatic heterocycles. The van der Waals surface area contributed by atoms with Crippen LogP contribution in [0.5, 0.6) is 5.75 Å². The summed E-state index contributed by atoms with van der Waals surface area (Å²) < 4.78 is 5.12. The van der Waals surface area contributed by atoms with Gasteiger partial charge in [0.2, 0.25) is 0 Å². The lowest BCUT2D eigenvalue weighted by atomic mass is 9.95. The molecule has 116 valence electrons. The van der Waals surface area contributed by atoms with Crippen molar-refractivity contribution in [3.8, 4) is 5.75 Å². The molecular formula is C15H21NO5. The number of carboxylic acid groups (broad SMARTS) is 1. The lowest BCUT2D eigenvalue weighted by Gasteiger charge is -2.20. The van der Waals surface area contributed by atoms with Crippen LogP contribution in [0.25, 0.3) is 0 Å². The molecule has 0 heterocycles. The monoisotopic (exact) mass is 295 g/mol. The van der Waals surface area contributed by atoms with E-state index in [4.69, 9.17) is 9.84 Å². The fourth-order valence-corrected chi connectivity index (χ4v) is 1.86. The summed E-state index contributed by atoms with van der Waals surface area (Å²) in [5.74, 6) is -1.97. The first kappa shape index (κ1) is 16.8. The van der Waals surface area contributed by atoms with Gasteiger partial charge in [0.25, 0.3) is 0 Å². The van der Waals surface area contributed by atoms with Crippen LogP contribution in [-0.4, -0.2) is 27.9 Å². The zero-order valence-corrected chi connectivity index (χ0v) is 12.6. The van der Waals surface area contributed by atoms with Gasteiger partial charge in [0.15, 0.2) is 0 Å². The van der Waals surface area contributed by atoms with Gasteiger partial charge in [-0.1, -0.05) is 6.92 Å². The summed E-state index contributed by atoms with van der Waals surface area (Å²) in [6, 6.07) is 4.28. The van der Waals surface area contributed by atoms with E-state index in [0.29, 0.717) is 12.1 Å². The lowest BCUT2D eigenvalue weighted by Crippen LogP contribution is -2.27. The smallest absolute Gasteiger partial charge is 0.412 e. The number of aliphatic carboxylic acids is 1. The van der Waals surface area contributed by atoms with Crippen molar-refractivity contribution in [1.82, 2.24) is 0 Å². The molecule has 21 heavy (non-hydrogen) atoms. The Balaban J connectivity index is 2.96. The number of hydrogen-bond donors (Lipinski definition) is 3. The highest BCUT2D eigenvalue weighted by Gasteiger charge is 2.22. The molecule has 0 bridgehead atoms. The van der Waals surface area contributed by atoms with Crippen LogP contribution >= 0.6 is 0 Å². The Morgan fingerprint density at radius 3 is 2.43 bits per heavy atom. The first-order chi connectivity index (χ1) is 9.64. The number of carboxylic acids is 1. The highest BCUT2D eigenvalue weighted by atomic mass is 16.6. The van der Waals surface area contributed by atoms with Crippen LogP contribution in [0.1, 0.15) is 45.6 Å². The summed E-state index contributed by atoms with van der Waals surface area (Å²) in [6.07, 6.45) is -0.304. The average Bonchev–Trinajstić information content (AvgIpc) is 2.31. The predicted molar refractivity (Wildman–Crippen MR) is 78.6 cm³/mol. The molecule has 0 aliphatic carbocycles. The van der Waals surface area contributed by atoms with Crippen LogP contribution in [-0.2, 0) is 9.53 Å². The zero-order chi connectivity index (χ0) is 16.2.